The molecular formula is C15H23N3O4S. The number of carbonyl (C=O) groups is 1. The summed E-state index contributed by atoms with van der Waals surface area (Å²) in [6.07, 6.45) is 0.778. The predicted molar refractivity (Wildman–Crippen MR) is 88.0 cm³/mol. The number of anilines is 1. The average Bonchev–Trinajstić information content (AvgIpc) is 2.73. The molecule has 1 heterocycles. The summed E-state index contributed by atoms with van der Waals surface area (Å²) in [4.78, 5) is 14.4. The molecule has 0 spiro atoms. The minimum absolute atomic E-state index is 0.0713. The Bertz CT molecular complexity index is 675. The predicted octanol–water partition coefficient (Wildman–Crippen LogP) is 1.55. The maximum absolute atomic E-state index is 12.5. The Morgan fingerprint density at radius 3 is 2.78 bits per heavy atom. The first-order chi connectivity index (χ1) is 10.9. The van der Waals surface area contributed by atoms with Crippen molar-refractivity contribution in [3.05, 3.63) is 23.8 Å². The van der Waals surface area contributed by atoms with Crippen LogP contribution in [0.25, 0.3) is 0 Å². The smallest absolute Gasteiger partial charge is 0.322 e. The summed E-state index contributed by atoms with van der Waals surface area (Å²) >= 11 is 0. The van der Waals surface area contributed by atoms with Crippen LogP contribution in [0.3, 0.4) is 0 Å². The van der Waals surface area contributed by atoms with Gasteiger partial charge in [-0.3, -0.25) is 0 Å². The summed E-state index contributed by atoms with van der Waals surface area (Å²) < 4.78 is 31.7. The second-order valence-corrected chi connectivity index (χ2v) is 7.36. The van der Waals surface area contributed by atoms with Gasteiger partial charge in [0.2, 0.25) is 10.0 Å². The van der Waals surface area contributed by atoms with Crippen LogP contribution >= 0.6 is 0 Å². The summed E-state index contributed by atoms with van der Waals surface area (Å²) in [7, 11) is -2.20. The summed E-state index contributed by atoms with van der Waals surface area (Å²) in [5, 5.41) is 2.81. The van der Waals surface area contributed by atoms with Crippen LogP contribution in [0.2, 0.25) is 0 Å². The molecule has 1 aromatic rings. The summed E-state index contributed by atoms with van der Waals surface area (Å²) in [5.74, 6) is 0. The van der Waals surface area contributed by atoms with Crippen molar-refractivity contribution in [1.82, 2.24) is 9.62 Å². The summed E-state index contributed by atoms with van der Waals surface area (Å²) in [6.45, 7) is 5.31. The highest BCUT2D eigenvalue weighted by Gasteiger charge is 2.24. The first kappa shape index (κ1) is 17.7. The number of sulfonamides is 1. The van der Waals surface area contributed by atoms with E-state index in [2.05, 4.69) is 10.0 Å². The highest BCUT2D eigenvalue weighted by Crippen LogP contribution is 2.23. The van der Waals surface area contributed by atoms with Gasteiger partial charge in [0.15, 0.2) is 0 Å². The molecule has 0 saturated carbocycles. The Morgan fingerprint density at radius 1 is 1.35 bits per heavy atom. The second kappa shape index (κ2) is 7.29. The molecule has 1 aromatic carbocycles. The lowest BCUT2D eigenvalue weighted by Crippen LogP contribution is -2.42. The third kappa shape index (κ3) is 4.01. The number of carbonyl (C=O) groups excluding carboxylic acids is 1. The number of hydrogen-bond acceptors (Lipinski definition) is 4. The molecule has 23 heavy (non-hydrogen) atoms. The van der Waals surface area contributed by atoms with Crippen molar-refractivity contribution in [1.29, 1.82) is 0 Å². The molecule has 8 heteroatoms. The van der Waals surface area contributed by atoms with Gasteiger partial charge in [-0.05, 0) is 45.0 Å². The zero-order valence-electron chi connectivity index (χ0n) is 13.6. The SMILES string of the molecule is CNS(=O)(=O)c1cccc(NC(=O)N2CCOCC[C@@H]2C)c1C. The molecule has 0 bridgehead atoms. The van der Waals surface area contributed by atoms with Crippen LogP contribution in [-0.4, -0.2) is 52.2 Å². The molecule has 1 fully saturated rings. The zero-order valence-corrected chi connectivity index (χ0v) is 14.4. The minimum atomic E-state index is -3.56. The minimum Gasteiger partial charge on any atom is -0.380 e. The van der Waals surface area contributed by atoms with Crippen molar-refractivity contribution in [2.45, 2.75) is 31.2 Å². The van der Waals surface area contributed by atoms with E-state index in [0.29, 0.717) is 31.0 Å². The number of amides is 2. The van der Waals surface area contributed by atoms with Crippen LogP contribution in [0.4, 0.5) is 10.5 Å². The Balaban J connectivity index is 2.23. The zero-order chi connectivity index (χ0) is 17.0. The maximum atomic E-state index is 12.5. The van der Waals surface area contributed by atoms with Gasteiger partial charge < -0.3 is 15.0 Å². The Morgan fingerprint density at radius 2 is 2.09 bits per heavy atom. The molecule has 2 N–H and O–H groups in total. The fourth-order valence-corrected chi connectivity index (χ4v) is 3.53. The van der Waals surface area contributed by atoms with E-state index >= 15 is 0 Å². The molecule has 1 aliphatic heterocycles. The van der Waals surface area contributed by atoms with Crippen LogP contribution in [0.5, 0.6) is 0 Å². The van der Waals surface area contributed by atoms with Gasteiger partial charge in [0.05, 0.1) is 11.5 Å². The molecule has 128 valence electrons. The monoisotopic (exact) mass is 341 g/mol. The molecule has 2 rings (SSSR count). The second-order valence-electron chi connectivity index (χ2n) is 5.51. The molecule has 0 aromatic heterocycles. The number of ether oxygens (including phenoxy) is 1. The Kier molecular flexibility index (Phi) is 5.61. The van der Waals surface area contributed by atoms with Crippen LogP contribution in [-0.2, 0) is 14.8 Å². The average molecular weight is 341 g/mol. The van der Waals surface area contributed by atoms with Crippen LogP contribution < -0.4 is 10.0 Å². The van der Waals surface area contributed by atoms with E-state index in [1.54, 1.807) is 24.0 Å². The normalized spacial score (nSPS) is 19.3. The van der Waals surface area contributed by atoms with Gasteiger partial charge >= 0.3 is 6.03 Å². The molecular weight excluding hydrogens is 318 g/mol. The molecule has 0 aliphatic carbocycles. The molecule has 1 saturated heterocycles. The van der Waals surface area contributed by atoms with Crippen molar-refractivity contribution < 1.29 is 17.9 Å². The van der Waals surface area contributed by atoms with Gasteiger partial charge in [0.1, 0.15) is 0 Å². The lowest BCUT2D eigenvalue weighted by molar-refractivity contribution is 0.143. The largest absolute Gasteiger partial charge is 0.380 e. The number of hydrogen-bond donors (Lipinski definition) is 2. The number of rotatable bonds is 3. The van der Waals surface area contributed by atoms with Gasteiger partial charge in [0, 0.05) is 24.9 Å². The molecule has 0 unspecified atom stereocenters. The fourth-order valence-electron chi connectivity index (χ4n) is 2.53. The van der Waals surface area contributed by atoms with Crippen molar-refractivity contribution in [3.8, 4) is 0 Å². The van der Waals surface area contributed by atoms with Gasteiger partial charge in [-0.1, -0.05) is 6.07 Å². The van der Waals surface area contributed by atoms with E-state index in [1.807, 2.05) is 6.92 Å². The molecule has 7 nitrogen and oxygen atoms in total. The van der Waals surface area contributed by atoms with E-state index in [-0.39, 0.29) is 17.0 Å². The number of urea groups is 1. The van der Waals surface area contributed by atoms with Crippen molar-refractivity contribution in [3.63, 3.8) is 0 Å². The highest BCUT2D eigenvalue weighted by molar-refractivity contribution is 7.89. The van der Waals surface area contributed by atoms with Gasteiger partial charge in [-0.25, -0.2) is 17.9 Å². The van der Waals surface area contributed by atoms with Crippen LogP contribution in [0.1, 0.15) is 18.9 Å². The standard InChI is InChI=1S/C15H23N3O4S/c1-11-7-9-22-10-8-18(11)15(19)17-13-5-4-6-14(12(13)2)23(20,21)16-3/h4-6,11,16H,7-10H2,1-3H3,(H,17,19)/t11-/m0/s1. The third-order valence-electron chi connectivity index (χ3n) is 4.03. The fraction of sp³-hybridized carbons (Fsp3) is 0.533. The highest BCUT2D eigenvalue weighted by atomic mass is 32.2. The van der Waals surface area contributed by atoms with E-state index in [0.717, 1.165) is 6.42 Å². The number of nitrogens with zero attached hydrogens (tertiary/aromatic N) is 1. The number of benzene rings is 1. The van der Waals surface area contributed by atoms with Crippen molar-refractivity contribution >= 4 is 21.7 Å². The quantitative estimate of drug-likeness (QED) is 0.873. The first-order valence-electron chi connectivity index (χ1n) is 7.55. The maximum Gasteiger partial charge on any atom is 0.322 e. The van der Waals surface area contributed by atoms with E-state index in [1.165, 1.54) is 13.1 Å². The summed E-state index contributed by atoms with van der Waals surface area (Å²) in [5.41, 5.74) is 0.998. The third-order valence-corrected chi connectivity index (χ3v) is 5.59. The first-order valence-corrected chi connectivity index (χ1v) is 9.03. The molecule has 1 aliphatic rings. The molecule has 1 atom stereocenters. The van der Waals surface area contributed by atoms with Crippen LogP contribution in [0, 0.1) is 6.92 Å². The molecule has 2 amide bonds. The number of nitrogens with one attached hydrogen (secondary N) is 2. The van der Waals surface area contributed by atoms with E-state index in [9.17, 15) is 13.2 Å². The van der Waals surface area contributed by atoms with Gasteiger partial charge in [-0.15, -0.1) is 0 Å². The van der Waals surface area contributed by atoms with Crippen molar-refractivity contribution in [2.75, 3.05) is 32.1 Å². The van der Waals surface area contributed by atoms with Gasteiger partial charge in [-0.2, -0.15) is 0 Å². The Labute approximate surface area is 137 Å². The van der Waals surface area contributed by atoms with Crippen molar-refractivity contribution in [2.24, 2.45) is 0 Å². The van der Waals surface area contributed by atoms with E-state index < -0.39 is 10.0 Å². The van der Waals surface area contributed by atoms with Gasteiger partial charge in [0.25, 0.3) is 0 Å². The lowest BCUT2D eigenvalue weighted by Gasteiger charge is -2.27. The topological polar surface area (TPSA) is 87.7 Å². The lowest BCUT2D eigenvalue weighted by atomic mass is 10.2. The Hall–Kier alpha value is -1.64. The summed E-state index contributed by atoms with van der Waals surface area (Å²) in [6, 6.07) is 4.65. The molecule has 0 radical (unpaired) electrons. The van der Waals surface area contributed by atoms with E-state index in [4.69, 9.17) is 4.74 Å². The van der Waals surface area contributed by atoms with Crippen LogP contribution in [0.15, 0.2) is 23.1 Å².